The largest absolute Gasteiger partial charge is 0.493 e. The van der Waals surface area contributed by atoms with Gasteiger partial charge in [-0.2, -0.15) is 5.26 Å². The van der Waals surface area contributed by atoms with Gasteiger partial charge in [-0.15, -0.1) is 0 Å². The van der Waals surface area contributed by atoms with E-state index in [1.54, 1.807) is 4.42 Å². The number of benzene rings is 1. The fourth-order valence-electron chi connectivity index (χ4n) is 2.78. The average molecular weight is 337 g/mol. The summed E-state index contributed by atoms with van der Waals surface area (Å²) in [5.74, 6) is 0.546. The summed E-state index contributed by atoms with van der Waals surface area (Å²) in [7, 11) is 0. The lowest BCUT2D eigenvalue weighted by molar-refractivity contribution is -0.148. The number of esters is 1. The molecule has 0 radical (unpaired) electrons. The van der Waals surface area contributed by atoms with Crippen molar-refractivity contribution in [1.29, 1.82) is 5.26 Å². The van der Waals surface area contributed by atoms with Gasteiger partial charge in [-0.3, -0.25) is 4.79 Å². The van der Waals surface area contributed by atoms with Crippen molar-refractivity contribution in [3.63, 3.8) is 0 Å². The average Bonchev–Trinajstić information content (AvgIpc) is 2.90. The molecule has 0 saturated carbocycles. The Morgan fingerprint density at radius 3 is 2.78 bits per heavy atom. The number of carbonyl (C=O) groups excluding carboxylic acids is 1. The molecule has 124 valence electrons. The van der Waals surface area contributed by atoms with Crippen LogP contribution in [0, 0.1) is 23.2 Å². The van der Waals surface area contributed by atoms with Gasteiger partial charge in [0.25, 0.3) is 0 Å². The molecule has 1 aromatic carbocycles. The maximum Gasteiger partial charge on any atom is 0.310 e. The van der Waals surface area contributed by atoms with Gasteiger partial charge in [-0.1, -0.05) is 12.1 Å². The second kappa shape index (κ2) is 8.76. The molecule has 0 amide bonds. The zero-order chi connectivity index (χ0) is 16.7. The van der Waals surface area contributed by atoms with Crippen LogP contribution in [-0.2, 0) is 16.0 Å². The van der Waals surface area contributed by atoms with E-state index in [1.807, 2.05) is 37.3 Å². The van der Waals surface area contributed by atoms with Crippen molar-refractivity contribution in [2.75, 3.05) is 26.3 Å². The summed E-state index contributed by atoms with van der Waals surface area (Å²) in [5.41, 5.74) is 1.13. The Hall–Kier alpha value is -1.77. The van der Waals surface area contributed by atoms with Gasteiger partial charge in [0.2, 0.25) is 0 Å². The number of hydrogen-bond donors (Lipinski definition) is 0. The molecular weight excluding hydrogens is 316 g/mol. The Morgan fingerprint density at radius 2 is 2.13 bits per heavy atom. The molecule has 0 aromatic heterocycles. The molecule has 0 aliphatic carbocycles. The predicted octanol–water partition coefficient (Wildman–Crippen LogP) is 2.79. The summed E-state index contributed by atoms with van der Waals surface area (Å²) < 4.78 is 12.3. The molecule has 1 fully saturated rings. The molecule has 6 heteroatoms. The quantitative estimate of drug-likeness (QED) is 0.435. The number of nitriles is 1. The lowest BCUT2D eigenvalue weighted by Gasteiger charge is -2.17. The summed E-state index contributed by atoms with van der Waals surface area (Å²) in [6, 6.07) is 9.79. The van der Waals surface area contributed by atoms with Crippen LogP contribution in [-0.4, -0.2) is 36.7 Å². The van der Waals surface area contributed by atoms with E-state index < -0.39 is 0 Å². The highest BCUT2D eigenvalue weighted by atomic mass is 35.5. The predicted molar refractivity (Wildman–Crippen MR) is 86.9 cm³/mol. The topological polar surface area (TPSA) is 62.6 Å². The third-order valence-corrected chi connectivity index (χ3v) is 4.17. The van der Waals surface area contributed by atoms with E-state index in [9.17, 15) is 4.79 Å². The Morgan fingerprint density at radius 1 is 1.39 bits per heavy atom. The van der Waals surface area contributed by atoms with Crippen molar-refractivity contribution in [1.82, 2.24) is 4.42 Å². The van der Waals surface area contributed by atoms with Crippen molar-refractivity contribution in [3.8, 4) is 11.8 Å². The molecule has 0 bridgehead atoms. The molecule has 23 heavy (non-hydrogen) atoms. The van der Waals surface area contributed by atoms with Crippen LogP contribution in [0.1, 0.15) is 18.9 Å². The number of carbonyl (C=O) groups is 1. The number of rotatable bonds is 7. The summed E-state index contributed by atoms with van der Waals surface area (Å²) in [4.78, 5) is 12.0. The van der Waals surface area contributed by atoms with Crippen molar-refractivity contribution in [3.05, 3.63) is 29.8 Å². The number of ether oxygens (including phenoxy) is 2. The number of halogens is 1. The van der Waals surface area contributed by atoms with E-state index in [2.05, 4.69) is 0 Å². The first-order valence-electron chi connectivity index (χ1n) is 7.80. The molecular formula is C17H21ClN2O3. The van der Waals surface area contributed by atoms with Crippen molar-refractivity contribution in [2.24, 2.45) is 11.8 Å². The first-order chi connectivity index (χ1) is 11.1. The van der Waals surface area contributed by atoms with Crippen LogP contribution in [0.2, 0.25) is 0 Å². The van der Waals surface area contributed by atoms with Crippen LogP contribution >= 0.6 is 11.8 Å². The van der Waals surface area contributed by atoms with Crippen molar-refractivity contribution in [2.45, 2.75) is 19.8 Å². The van der Waals surface area contributed by atoms with Crippen LogP contribution in [0.4, 0.5) is 0 Å². The second-order valence-corrected chi connectivity index (χ2v) is 6.03. The summed E-state index contributed by atoms with van der Waals surface area (Å²) in [6.45, 7) is 3.79. The monoisotopic (exact) mass is 336 g/mol. The smallest absolute Gasteiger partial charge is 0.310 e. The molecule has 1 heterocycles. The fraction of sp³-hybridized carbons (Fsp3) is 0.529. The summed E-state index contributed by atoms with van der Waals surface area (Å²) in [6.07, 6.45) is 1.14. The van der Waals surface area contributed by atoms with Crippen molar-refractivity contribution >= 4 is 17.7 Å². The fourth-order valence-corrected chi connectivity index (χ4v) is 3.11. The minimum atomic E-state index is -0.181. The van der Waals surface area contributed by atoms with E-state index in [-0.39, 0.29) is 17.8 Å². The molecule has 1 aromatic rings. The molecule has 5 nitrogen and oxygen atoms in total. The van der Waals surface area contributed by atoms with E-state index in [0.717, 1.165) is 17.7 Å². The zero-order valence-electron chi connectivity index (χ0n) is 13.2. The highest BCUT2D eigenvalue weighted by molar-refractivity contribution is 6.13. The molecule has 0 spiro atoms. The van der Waals surface area contributed by atoms with E-state index >= 15 is 0 Å². The standard InChI is InChI=1S/C17H21ClN2O3/c1-2-22-17(21)16-12-20(18)11-14(16)10-13-4-6-15(7-5-13)23-9-3-8-19/h4-7,14,16H,2-3,9-12H2,1H3/t14-,16+/m1/s1. The highest BCUT2D eigenvalue weighted by Crippen LogP contribution is 2.29. The van der Waals surface area contributed by atoms with Gasteiger partial charge in [0, 0.05) is 13.1 Å². The van der Waals surface area contributed by atoms with Gasteiger partial charge < -0.3 is 9.47 Å². The van der Waals surface area contributed by atoms with Crippen LogP contribution in [0.3, 0.4) is 0 Å². The normalized spacial score (nSPS) is 20.9. The van der Waals surface area contributed by atoms with Crippen molar-refractivity contribution < 1.29 is 14.3 Å². The zero-order valence-corrected chi connectivity index (χ0v) is 14.0. The Balaban J connectivity index is 1.94. The summed E-state index contributed by atoms with van der Waals surface area (Å²) >= 11 is 6.09. The molecule has 1 aliphatic rings. The van der Waals surface area contributed by atoms with Gasteiger partial charge in [0.05, 0.1) is 25.0 Å². The second-order valence-electron chi connectivity index (χ2n) is 5.55. The first kappa shape index (κ1) is 17.6. The molecule has 0 N–H and O–H groups in total. The first-order valence-corrected chi connectivity index (χ1v) is 8.14. The van der Waals surface area contributed by atoms with Crippen LogP contribution < -0.4 is 4.74 Å². The van der Waals surface area contributed by atoms with E-state index in [4.69, 9.17) is 26.5 Å². The van der Waals surface area contributed by atoms with Crippen LogP contribution in [0.25, 0.3) is 0 Å². The van der Waals surface area contributed by atoms with Gasteiger partial charge in [-0.05, 0) is 48.7 Å². The Kier molecular flexibility index (Phi) is 6.69. The molecule has 1 aliphatic heterocycles. The maximum atomic E-state index is 12.0. The lowest BCUT2D eigenvalue weighted by Crippen LogP contribution is -2.26. The van der Waals surface area contributed by atoms with E-state index in [0.29, 0.717) is 32.7 Å². The minimum absolute atomic E-state index is 0.150. The number of hydrogen-bond acceptors (Lipinski definition) is 5. The Labute approximate surface area is 141 Å². The molecule has 1 saturated heterocycles. The van der Waals surface area contributed by atoms with Gasteiger partial charge in [0.1, 0.15) is 12.4 Å². The Bertz CT molecular complexity index is 556. The molecule has 2 rings (SSSR count). The molecule has 0 unspecified atom stereocenters. The highest BCUT2D eigenvalue weighted by Gasteiger charge is 2.37. The van der Waals surface area contributed by atoms with Gasteiger partial charge >= 0.3 is 5.97 Å². The number of nitrogens with zero attached hydrogens (tertiary/aromatic N) is 2. The van der Waals surface area contributed by atoms with Crippen LogP contribution in [0.5, 0.6) is 5.75 Å². The maximum absolute atomic E-state index is 12.0. The molecule has 2 atom stereocenters. The van der Waals surface area contributed by atoms with Crippen LogP contribution in [0.15, 0.2) is 24.3 Å². The van der Waals surface area contributed by atoms with Gasteiger partial charge in [-0.25, -0.2) is 4.42 Å². The minimum Gasteiger partial charge on any atom is -0.493 e. The third kappa shape index (κ3) is 5.12. The lowest BCUT2D eigenvalue weighted by atomic mass is 9.90. The van der Waals surface area contributed by atoms with E-state index in [1.165, 1.54) is 0 Å². The van der Waals surface area contributed by atoms with Gasteiger partial charge in [0.15, 0.2) is 0 Å². The SMILES string of the molecule is CCOC(=O)[C@H]1CN(Cl)C[C@H]1Cc1ccc(OCCC#N)cc1. The summed E-state index contributed by atoms with van der Waals surface area (Å²) in [5, 5.41) is 8.49. The third-order valence-electron chi connectivity index (χ3n) is 3.89.